The zero-order chi connectivity index (χ0) is 10.9. The van der Waals surface area contributed by atoms with E-state index in [9.17, 15) is 0 Å². The number of nitrogens with zero attached hydrogens (tertiary/aromatic N) is 2. The predicted octanol–water partition coefficient (Wildman–Crippen LogP) is 0.815. The average Bonchev–Trinajstić information content (AvgIpc) is 2.29. The van der Waals surface area contributed by atoms with Gasteiger partial charge in [0.15, 0.2) is 0 Å². The van der Waals surface area contributed by atoms with Gasteiger partial charge in [0, 0.05) is 24.9 Å². The van der Waals surface area contributed by atoms with E-state index in [4.69, 9.17) is 10.4 Å². The number of aromatic nitrogens is 1. The number of rotatable bonds is 6. The van der Waals surface area contributed by atoms with Crippen LogP contribution in [0.15, 0.2) is 18.3 Å². The average molecular weight is 205 g/mol. The third-order valence-corrected chi connectivity index (χ3v) is 2.07. The Labute approximate surface area is 89.6 Å². The quantitative estimate of drug-likeness (QED) is 0.674. The highest BCUT2D eigenvalue weighted by molar-refractivity contribution is 5.30. The van der Waals surface area contributed by atoms with Gasteiger partial charge in [0.05, 0.1) is 0 Å². The topological polar surface area (TPSA) is 68.9 Å². The Balaban J connectivity index is 2.34. The minimum absolute atomic E-state index is 0.234. The van der Waals surface area contributed by atoms with E-state index in [0.29, 0.717) is 12.2 Å². The van der Waals surface area contributed by atoms with Gasteiger partial charge in [-0.15, -0.1) is 0 Å². The molecule has 0 radical (unpaired) electrons. The molecule has 0 unspecified atom stereocenters. The van der Waals surface area contributed by atoms with E-state index in [0.717, 1.165) is 24.9 Å². The Morgan fingerprint density at radius 1 is 1.47 bits per heavy atom. The van der Waals surface area contributed by atoms with Crippen molar-refractivity contribution in [2.24, 2.45) is 0 Å². The van der Waals surface area contributed by atoms with Crippen molar-refractivity contribution in [3.8, 4) is 6.07 Å². The number of unbranched alkanes of at least 4 members (excludes halogenated alkanes) is 1. The predicted molar refractivity (Wildman–Crippen MR) is 57.0 cm³/mol. The van der Waals surface area contributed by atoms with Crippen LogP contribution in [0.1, 0.15) is 24.1 Å². The SMILES string of the molecule is N#Cc1ncccc1CNCCCCO. The number of hydrogen-bond donors (Lipinski definition) is 2. The molecule has 0 atom stereocenters. The van der Waals surface area contributed by atoms with Gasteiger partial charge in [0.2, 0.25) is 0 Å². The Kier molecular flexibility index (Phi) is 5.38. The van der Waals surface area contributed by atoms with Gasteiger partial charge in [-0.2, -0.15) is 5.26 Å². The molecule has 1 heterocycles. The van der Waals surface area contributed by atoms with Crippen molar-refractivity contribution in [2.45, 2.75) is 19.4 Å². The monoisotopic (exact) mass is 205 g/mol. The molecule has 80 valence electrons. The van der Waals surface area contributed by atoms with Crippen LogP contribution < -0.4 is 5.32 Å². The van der Waals surface area contributed by atoms with Crippen LogP contribution in [0.5, 0.6) is 0 Å². The Morgan fingerprint density at radius 3 is 3.07 bits per heavy atom. The van der Waals surface area contributed by atoms with Crippen LogP contribution in [0.4, 0.5) is 0 Å². The van der Waals surface area contributed by atoms with Gasteiger partial charge >= 0.3 is 0 Å². The summed E-state index contributed by atoms with van der Waals surface area (Å²) in [4.78, 5) is 3.97. The van der Waals surface area contributed by atoms with Crippen LogP contribution >= 0.6 is 0 Å². The van der Waals surface area contributed by atoms with Crippen LogP contribution in [-0.4, -0.2) is 23.2 Å². The second-order valence-electron chi connectivity index (χ2n) is 3.23. The van der Waals surface area contributed by atoms with Gasteiger partial charge in [0.25, 0.3) is 0 Å². The highest BCUT2D eigenvalue weighted by Gasteiger charge is 2.00. The van der Waals surface area contributed by atoms with Crippen molar-refractivity contribution >= 4 is 0 Å². The molecule has 0 bridgehead atoms. The third kappa shape index (κ3) is 4.07. The fraction of sp³-hybridized carbons (Fsp3) is 0.455. The number of aliphatic hydroxyl groups excluding tert-OH is 1. The molecule has 0 aliphatic rings. The maximum atomic E-state index is 8.79. The zero-order valence-corrected chi connectivity index (χ0v) is 8.61. The summed E-state index contributed by atoms with van der Waals surface area (Å²) >= 11 is 0. The highest BCUT2D eigenvalue weighted by atomic mass is 16.2. The molecular weight excluding hydrogens is 190 g/mol. The highest BCUT2D eigenvalue weighted by Crippen LogP contribution is 2.02. The van der Waals surface area contributed by atoms with Crippen molar-refractivity contribution in [1.82, 2.24) is 10.3 Å². The van der Waals surface area contributed by atoms with Crippen LogP contribution in [0.25, 0.3) is 0 Å². The number of aliphatic hydroxyl groups is 1. The summed E-state index contributed by atoms with van der Waals surface area (Å²) in [5.41, 5.74) is 1.40. The van der Waals surface area contributed by atoms with E-state index >= 15 is 0 Å². The van der Waals surface area contributed by atoms with Crippen molar-refractivity contribution in [3.63, 3.8) is 0 Å². The summed E-state index contributed by atoms with van der Waals surface area (Å²) < 4.78 is 0. The molecule has 4 nitrogen and oxygen atoms in total. The van der Waals surface area contributed by atoms with Gasteiger partial charge in [-0.1, -0.05) is 6.07 Å². The van der Waals surface area contributed by atoms with Crippen molar-refractivity contribution in [1.29, 1.82) is 5.26 Å². The summed E-state index contributed by atoms with van der Waals surface area (Å²) in [5, 5.41) is 20.6. The van der Waals surface area contributed by atoms with Crippen LogP contribution in [-0.2, 0) is 6.54 Å². The lowest BCUT2D eigenvalue weighted by atomic mass is 10.2. The van der Waals surface area contributed by atoms with E-state index in [2.05, 4.69) is 16.4 Å². The van der Waals surface area contributed by atoms with Crippen LogP contribution in [0, 0.1) is 11.3 Å². The summed E-state index contributed by atoms with van der Waals surface area (Å²) in [7, 11) is 0. The number of hydrogen-bond acceptors (Lipinski definition) is 4. The van der Waals surface area contributed by atoms with E-state index in [1.54, 1.807) is 6.20 Å². The first-order chi connectivity index (χ1) is 7.38. The molecular formula is C11H15N3O. The van der Waals surface area contributed by atoms with E-state index in [1.165, 1.54) is 0 Å². The standard InChI is InChI=1S/C11H15N3O/c12-8-11-10(4-3-6-14-11)9-13-5-1-2-7-15/h3-4,6,13,15H,1-2,5,7,9H2. The fourth-order valence-corrected chi connectivity index (χ4v) is 1.27. The zero-order valence-electron chi connectivity index (χ0n) is 8.61. The van der Waals surface area contributed by atoms with Gasteiger partial charge in [-0.25, -0.2) is 4.98 Å². The summed E-state index contributed by atoms with van der Waals surface area (Å²) in [6.45, 7) is 1.74. The lowest BCUT2D eigenvalue weighted by molar-refractivity contribution is 0.283. The van der Waals surface area contributed by atoms with Crippen molar-refractivity contribution < 1.29 is 5.11 Å². The summed E-state index contributed by atoms with van der Waals surface area (Å²) in [5.74, 6) is 0. The van der Waals surface area contributed by atoms with E-state index in [1.807, 2.05) is 12.1 Å². The molecule has 0 aliphatic carbocycles. The Morgan fingerprint density at radius 2 is 2.33 bits per heavy atom. The largest absolute Gasteiger partial charge is 0.396 e. The smallest absolute Gasteiger partial charge is 0.144 e. The minimum Gasteiger partial charge on any atom is -0.396 e. The molecule has 0 aliphatic heterocycles. The molecule has 0 aromatic carbocycles. The van der Waals surface area contributed by atoms with Crippen LogP contribution in [0.2, 0.25) is 0 Å². The minimum atomic E-state index is 0.234. The first-order valence-corrected chi connectivity index (χ1v) is 5.04. The van der Waals surface area contributed by atoms with Gasteiger partial charge in [-0.3, -0.25) is 0 Å². The number of pyridine rings is 1. The second kappa shape index (κ2) is 6.93. The third-order valence-electron chi connectivity index (χ3n) is 2.07. The lowest BCUT2D eigenvalue weighted by Gasteiger charge is -2.04. The van der Waals surface area contributed by atoms with Crippen molar-refractivity contribution in [2.75, 3.05) is 13.2 Å². The number of nitriles is 1. The van der Waals surface area contributed by atoms with Gasteiger partial charge in [-0.05, 0) is 25.5 Å². The van der Waals surface area contributed by atoms with E-state index < -0.39 is 0 Å². The van der Waals surface area contributed by atoms with Gasteiger partial charge in [0.1, 0.15) is 11.8 Å². The molecule has 0 fully saturated rings. The first-order valence-electron chi connectivity index (χ1n) is 5.04. The summed E-state index contributed by atoms with van der Waals surface area (Å²) in [6.07, 6.45) is 3.37. The fourth-order valence-electron chi connectivity index (χ4n) is 1.27. The first kappa shape index (κ1) is 11.6. The normalized spacial score (nSPS) is 9.87. The maximum Gasteiger partial charge on any atom is 0.144 e. The van der Waals surface area contributed by atoms with Crippen LogP contribution in [0.3, 0.4) is 0 Å². The molecule has 4 heteroatoms. The lowest BCUT2D eigenvalue weighted by Crippen LogP contribution is -2.16. The van der Waals surface area contributed by atoms with Crippen molar-refractivity contribution in [3.05, 3.63) is 29.6 Å². The molecule has 0 spiro atoms. The van der Waals surface area contributed by atoms with Gasteiger partial charge < -0.3 is 10.4 Å². The Bertz CT molecular complexity index is 333. The molecule has 2 N–H and O–H groups in total. The molecule has 1 rings (SSSR count). The second-order valence-corrected chi connectivity index (χ2v) is 3.23. The molecule has 0 saturated carbocycles. The maximum absolute atomic E-state index is 8.79. The molecule has 15 heavy (non-hydrogen) atoms. The molecule has 0 saturated heterocycles. The van der Waals surface area contributed by atoms with E-state index in [-0.39, 0.29) is 6.61 Å². The molecule has 1 aromatic heterocycles. The molecule has 1 aromatic rings. The number of nitrogens with one attached hydrogen (secondary N) is 1. The Hall–Kier alpha value is -1.44. The summed E-state index contributed by atoms with van der Waals surface area (Å²) in [6, 6.07) is 5.77. The molecule has 0 amide bonds.